The first-order chi connectivity index (χ1) is 9.58. The van der Waals surface area contributed by atoms with Gasteiger partial charge in [-0.25, -0.2) is 0 Å². The third-order valence-corrected chi connectivity index (χ3v) is 4.95. The van der Waals surface area contributed by atoms with Crippen LogP contribution in [-0.4, -0.2) is 21.8 Å². The van der Waals surface area contributed by atoms with Gasteiger partial charge in [-0.15, -0.1) is 11.8 Å². The van der Waals surface area contributed by atoms with E-state index < -0.39 is 0 Å². The van der Waals surface area contributed by atoms with Crippen molar-refractivity contribution in [3.8, 4) is 0 Å². The van der Waals surface area contributed by atoms with E-state index in [2.05, 4.69) is 28.0 Å². The number of Topliss-reactive ketones (excluding diaryl/α,β-unsaturated/α-hetero) is 1. The Morgan fingerprint density at radius 2 is 2.10 bits per heavy atom. The molecule has 0 radical (unpaired) electrons. The molecule has 106 valence electrons. The number of halogens is 1. The maximum Gasteiger partial charge on any atom is 0.169 e. The zero-order valence-electron chi connectivity index (χ0n) is 11.8. The van der Waals surface area contributed by atoms with Gasteiger partial charge < -0.3 is 0 Å². The zero-order chi connectivity index (χ0) is 14.7. The Morgan fingerprint density at radius 1 is 1.40 bits per heavy atom. The maximum absolute atomic E-state index is 12.5. The third kappa shape index (κ3) is 2.99. The van der Waals surface area contributed by atoms with Gasteiger partial charge in [0.2, 0.25) is 0 Å². The SMILES string of the molecule is CCc1nn(C)c(CC(=O)c2ccccc2SC)c1Br. The lowest BCUT2D eigenvalue weighted by Gasteiger charge is -2.07. The summed E-state index contributed by atoms with van der Waals surface area (Å²) >= 11 is 5.16. The van der Waals surface area contributed by atoms with Crippen molar-refractivity contribution in [3.05, 3.63) is 45.7 Å². The summed E-state index contributed by atoms with van der Waals surface area (Å²) in [5, 5.41) is 4.43. The molecule has 0 amide bonds. The lowest BCUT2D eigenvalue weighted by molar-refractivity contribution is 0.0988. The Kier molecular flexibility index (Phi) is 5.05. The van der Waals surface area contributed by atoms with E-state index in [9.17, 15) is 4.79 Å². The monoisotopic (exact) mass is 352 g/mol. The number of ketones is 1. The van der Waals surface area contributed by atoms with Gasteiger partial charge in [0.15, 0.2) is 5.78 Å². The Morgan fingerprint density at radius 3 is 2.70 bits per heavy atom. The Hall–Kier alpha value is -1.07. The van der Waals surface area contributed by atoms with E-state index in [0.29, 0.717) is 6.42 Å². The van der Waals surface area contributed by atoms with E-state index in [-0.39, 0.29) is 5.78 Å². The van der Waals surface area contributed by atoms with E-state index in [1.54, 1.807) is 16.4 Å². The summed E-state index contributed by atoms with van der Waals surface area (Å²) in [4.78, 5) is 13.5. The molecule has 0 bridgehead atoms. The number of aromatic nitrogens is 2. The van der Waals surface area contributed by atoms with Gasteiger partial charge in [0.25, 0.3) is 0 Å². The van der Waals surface area contributed by atoms with E-state index in [1.807, 2.05) is 37.6 Å². The summed E-state index contributed by atoms with van der Waals surface area (Å²) in [6, 6.07) is 7.73. The predicted octanol–water partition coefficient (Wildman–Crippen LogP) is 3.89. The number of thioether (sulfide) groups is 1. The van der Waals surface area contributed by atoms with Gasteiger partial charge in [-0.2, -0.15) is 5.10 Å². The van der Waals surface area contributed by atoms with Crippen LogP contribution in [0.25, 0.3) is 0 Å². The lowest BCUT2D eigenvalue weighted by atomic mass is 10.1. The molecular weight excluding hydrogens is 336 g/mol. The van der Waals surface area contributed by atoms with Gasteiger partial charge in [-0.05, 0) is 34.7 Å². The molecular formula is C15H17BrN2OS. The molecule has 0 aliphatic carbocycles. The molecule has 2 rings (SSSR count). The van der Waals surface area contributed by atoms with Gasteiger partial charge in [-0.3, -0.25) is 9.48 Å². The molecule has 0 spiro atoms. The first kappa shape index (κ1) is 15.3. The Bertz CT molecular complexity index is 637. The summed E-state index contributed by atoms with van der Waals surface area (Å²) in [5.74, 6) is 0.126. The third-order valence-electron chi connectivity index (χ3n) is 3.24. The van der Waals surface area contributed by atoms with E-state index >= 15 is 0 Å². The standard InChI is InChI=1S/C15H17BrN2OS/c1-4-11-15(16)12(18(2)17-11)9-13(19)10-7-5-6-8-14(10)20-3/h5-8H,4,9H2,1-3H3. The van der Waals surface area contributed by atoms with Gasteiger partial charge in [0.05, 0.1) is 22.3 Å². The number of hydrogen-bond acceptors (Lipinski definition) is 3. The molecule has 0 aliphatic rings. The summed E-state index contributed by atoms with van der Waals surface area (Å²) in [7, 11) is 1.88. The Balaban J connectivity index is 2.30. The minimum atomic E-state index is 0.126. The van der Waals surface area contributed by atoms with Crippen LogP contribution in [-0.2, 0) is 19.9 Å². The van der Waals surface area contributed by atoms with Crippen LogP contribution in [0, 0.1) is 0 Å². The highest BCUT2D eigenvalue weighted by molar-refractivity contribution is 9.10. The average molecular weight is 353 g/mol. The van der Waals surface area contributed by atoms with Crippen molar-refractivity contribution < 1.29 is 4.79 Å². The number of carbonyl (C=O) groups excluding carboxylic acids is 1. The second-order valence-electron chi connectivity index (χ2n) is 4.48. The van der Waals surface area contributed by atoms with Crippen molar-refractivity contribution in [2.75, 3.05) is 6.26 Å². The van der Waals surface area contributed by atoms with E-state index in [4.69, 9.17) is 0 Å². The first-order valence-corrected chi connectivity index (χ1v) is 8.46. The summed E-state index contributed by atoms with van der Waals surface area (Å²) in [6.45, 7) is 2.06. The molecule has 0 saturated carbocycles. The van der Waals surface area contributed by atoms with Gasteiger partial charge in [0, 0.05) is 17.5 Å². The van der Waals surface area contributed by atoms with E-state index in [1.165, 1.54) is 0 Å². The predicted molar refractivity (Wildman–Crippen MR) is 86.5 cm³/mol. The maximum atomic E-state index is 12.5. The van der Waals surface area contributed by atoms with Crippen LogP contribution in [0.5, 0.6) is 0 Å². The van der Waals surface area contributed by atoms with Gasteiger partial charge >= 0.3 is 0 Å². The molecule has 5 heteroatoms. The van der Waals surface area contributed by atoms with Crippen LogP contribution >= 0.6 is 27.7 Å². The van der Waals surface area contributed by atoms with E-state index in [0.717, 1.165) is 32.7 Å². The molecule has 0 aliphatic heterocycles. The summed E-state index contributed by atoms with van der Waals surface area (Å²) in [6.07, 6.45) is 3.20. The molecule has 2 aromatic rings. The molecule has 0 unspecified atom stereocenters. The zero-order valence-corrected chi connectivity index (χ0v) is 14.2. The highest BCUT2D eigenvalue weighted by Gasteiger charge is 2.18. The number of carbonyl (C=O) groups is 1. The number of benzene rings is 1. The van der Waals surface area contributed by atoms with Crippen molar-refractivity contribution >= 4 is 33.5 Å². The molecule has 1 aromatic carbocycles. The van der Waals surface area contributed by atoms with Crippen LogP contribution in [0.1, 0.15) is 28.7 Å². The second-order valence-corrected chi connectivity index (χ2v) is 6.13. The largest absolute Gasteiger partial charge is 0.294 e. The molecule has 0 saturated heterocycles. The quantitative estimate of drug-likeness (QED) is 0.604. The number of hydrogen-bond donors (Lipinski definition) is 0. The summed E-state index contributed by atoms with van der Waals surface area (Å²) < 4.78 is 2.75. The fourth-order valence-electron chi connectivity index (χ4n) is 2.13. The number of nitrogens with zero attached hydrogens (tertiary/aromatic N) is 2. The van der Waals surface area contributed by atoms with Gasteiger partial charge in [0.1, 0.15) is 0 Å². The molecule has 0 fully saturated rings. The lowest BCUT2D eigenvalue weighted by Crippen LogP contribution is -2.09. The van der Waals surface area contributed by atoms with Crippen LogP contribution in [0.2, 0.25) is 0 Å². The number of aryl methyl sites for hydroxylation is 2. The fraction of sp³-hybridized carbons (Fsp3) is 0.333. The minimum Gasteiger partial charge on any atom is -0.294 e. The van der Waals surface area contributed by atoms with Crippen LogP contribution in [0.4, 0.5) is 0 Å². The van der Waals surface area contributed by atoms with Crippen molar-refractivity contribution in [2.45, 2.75) is 24.7 Å². The van der Waals surface area contributed by atoms with Gasteiger partial charge in [-0.1, -0.05) is 25.1 Å². The molecule has 1 heterocycles. The van der Waals surface area contributed by atoms with Crippen LogP contribution in [0.15, 0.2) is 33.6 Å². The second kappa shape index (κ2) is 6.59. The first-order valence-electron chi connectivity index (χ1n) is 6.45. The number of rotatable bonds is 5. The summed E-state index contributed by atoms with van der Waals surface area (Å²) in [5.41, 5.74) is 2.71. The molecule has 0 atom stereocenters. The molecule has 0 N–H and O–H groups in total. The molecule has 1 aromatic heterocycles. The molecule has 3 nitrogen and oxygen atoms in total. The topological polar surface area (TPSA) is 34.9 Å². The van der Waals surface area contributed by atoms with Crippen molar-refractivity contribution in [2.24, 2.45) is 7.05 Å². The van der Waals surface area contributed by atoms with Crippen LogP contribution < -0.4 is 0 Å². The smallest absolute Gasteiger partial charge is 0.169 e. The Labute approximate surface area is 131 Å². The fourth-order valence-corrected chi connectivity index (χ4v) is 3.51. The highest BCUT2D eigenvalue weighted by atomic mass is 79.9. The normalized spacial score (nSPS) is 10.8. The van der Waals surface area contributed by atoms with Crippen molar-refractivity contribution in [1.82, 2.24) is 9.78 Å². The van der Waals surface area contributed by atoms with Crippen molar-refractivity contribution in [3.63, 3.8) is 0 Å². The van der Waals surface area contributed by atoms with Crippen molar-refractivity contribution in [1.29, 1.82) is 0 Å². The minimum absolute atomic E-state index is 0.126. The highest BCUT2D eigenvalue weighted by Crippen LogP contribution is 2.25. The van der Waals surface area contributed by atoms with Crippen LogP contribution in [0.3, 0.4) is 0 Å². The average Bonchev–Trinajstić information content (AvgIpc) is 2.74. The molecule has 20 heavy (non-hydrogen) atoms.